The second-order valence-corrected chi connectivity index (χ2v) is 6.34. The van der Waals surface area contributed by atoms with Gasteiger partial charge in [-0.2, -0.15) is 18.3 Å². The molecule has 4 rings (SSSR count). The quantitative estimate of drug-likeness (QED) is 0.375. The molecule has 0 unspecified atom stereocenters. The molecule has 0 bridgehead atoms. The van der Waals surface area contributed by atoms with Crippen LogP contribution in [-0.4, -0.2) is 16.0 Å². The molecule has 4 aromatic rings. The number of aliphatic imine (C=N–C) groups is 1. The smallest absolute Gasteiger partial charge is 0.236 e. The molecule has 3 nitrogen and oxygen atoms in total. The first-order valence-electron chi connectivity index (χ1n) is 8.93. The fourth-order valence-electron chi connectivity index (χ4n) is 2.98. The highest BCUT2D eigenvalue weighted by Gasteiger charge is 2.32. The summed E-state index contributed by atoms with van der Waals surface area (Å²) in [4.78, 5) is 4.35. The molecule has 0 radical (unpaired) electrons. The molecule has 0 spiro atoms. The zero-order valence-electron chi connectivity index (χ0n) is 15.2. The van der Waals surface area contributed by atoms with E-state index in [2.05, 4.69) is 10.1 Å². The van der Waals surface area contributed by atoms with Crippen LogP contribution in [0.4, 0.5) is 19.0 Å². The Balaban J connectivity index is 1.80. The maximum absolute atomic E-state index is 13.3. The van der Waals surface area contributed by atoms with Gasteiger partial charge in [-0.25, -0.2) is 9.67 Å². The predicted octanol–water partition coefficient (Wildman–Crippen LogP) is 6.31. The highest BCUT2D eigenvalue weighted by Crippen LogP contribution is 2.32. The van der Waals surface area contributed by atoms with Gasteiger partial charge in [-0.1, -0.05) is 66.7 Å². The molecular formula is C23H16F3N3. The molecule has 1 heterocycles. The zero-order chi connectivity index (χ0) is 20.3. The average molecular weight is 391 g/mol. The number of nitrogens with zero attached hydrogens (tertiary/aromatic N) is 3. The van der Waals surface area contributed by atoms with Crippen LogP contribution in [0.25, 0.3) is 16.9 Å². The van der Waals surface area contributed by atoms with E-state index in [0.29, 0.717) is 11.5 Å². The van der Waals surface area contributed by atoms with Gasteiger partial charge in [-0.15, -0.1) is 0 Å². The molecule has 144 valence electrons. The first-order chi connectivity index (χ1) is 14.0. The van der Waals surface area contributed by atoms with Crippen molar-refractivity contribution in [3.8, 4) is 16.9 Å². The Morgan fingerprint density at radius 3 is 2.10 bits per heavy atom. The normalized spacial score (nSPS) is 11.8. The summed E-state index contributed by atoms with van der Waals surface area (Å²) in [5.74, 6) is 0.437. The van der Waals surface area contributed by atoms with Crippen molar-refractivity contribution in [2.45, 2.75) is 6.18 Å². The molecule has 0 N–H and O–H groups in total. The highest BCUT2D eigenvalue weighted by molar-refractivity contribution is 5.84. The minimum Gasteiger partial charge on any atom is -0.236 e. The van der Waals surface area contributed by atoms with Crippen molar-refractivity contribution in [2.75, 3.05) is 0 Å². The van der Waals surface area contributed by atoms with Crippen LogP contribution < -0.4 is 0 Å². The van der Waals surface area contributed by atoms with E-state index in [9.17, 15) is 13.2 Å². The molecule has 29 heavy (non-hydrogen) atoms. The third kappa shape index (κ3) is 4.11. The number of benzene rings is 3. The van der Waals surface area contributed by atoms with E-state index in [1.807, 2.05) is 60.7 Å². The van der Waals surface area contributed by atoms with Gasteiger partial charge < -0.3 is 0 Å². The second kappa shape index (κ2) is 7.75. The summed E-state index contributed by atoms with van der Waals surface area (Å²) in [6.07, 6.45) is -3.22. The Morgan fingerprint density at radius 1 is 0.793 bits per heavy atom. The first kappa shape index (κ1) is 18.7. The van der Waals surface area contributed by atoms with Gasteiger partial charge in [0.1, 0.15) is 0 Å². The topological polar surface area (TPSA) is 30.2 Å². The fraction of sp³-hybridized carbons (Fsp3) is 0.0435. The molecular weight excluding hydrogens is 375 g/mol. The molecule has 0 saturated heterocycles. The number of aromatic nitrogens is 2. The van der Waals surface area contributed by atoms with Crippen molar-refractivity contribution >= 4 is 12.0 Å². The fourth-order valence-corrected chi connectivity index (χ4v) is 2.98. The summed E-state index contributed by atoms with van der Waals surface area (Å²) in [5.41, 5.74) is 1.63. The Bertz CT molecular complexity index is 1130. The van der Waals surface area contributed by atoms with Crippen LogP contribution in [0.1, 0.15) is 11.1 Å². The van der Waals surface area contributed by atoms with Crippen LogP contribution in [0.5, 0.6) is 0 Å². The Labute approximate surface area is 165 Å². The predicted molar refractivity (Wildman–Crippen MR) is 108 cm³/mol. The Hall–Kier alpha value is -3.67. The molecule has 0 saturated carbocycles. The number of para-hydroxylation sites is 1. The van der Waals surface area contributed by atoms with Crippen molar-refractivity contribution in [3.05, 3.63) is 102 Å². The van der Waals surface area contributed by atoms with Crippen LogP contribution in [0.2, 0.25) is 0 Å². The lowest BCUT2D eigenvalue weighted by Gasteiger charge is -2.09. The van der Waals surface area contributed by atoms with E-state index in [4.69, 9.17) is 0 Å². The molecule has 0 fully saturated rings. The van der Waals surface area contributed by atoms with E-state index >= 15 is 0 Å². The van der Waals surface area contributed by atoms with Crippen LogP contribution in [-0.2, 0) is 6.18 Å². The maximum atomic E-state index is 13.3. The standard InChI is InChI=1S/C23H16F3N3/c24-23(25,26)20-14-8-7-11-18(20)16-27-22-15-21(17-9-3-1-4-10-17)28-29(22)19-12-5-2-6-13-19/h1-16H. The van der Waals surface area contributed by atoms with Gasteiger partial charge in [0.2, 0.25) is 0 Å². The second-order valence-electron chi connectivity index (χ2n) is 6.34. The molecule has 3 aromatic carbocycles. The van der Waals surface area contributed by atoms with Gasteiger partial charge in [-0.3, -0.25) is 0 Å². The summed E-state index contributed by atoms with van der Waals surface area (Å²) < 4.78 is 41.4. The van der Waals surface area contributed by atoms with E-state index in [1.165, 1.54) is 18.3 Å². The summed E-state index contributed by atoms with van der Waals surface area (Å²) in [6.45, 7) is 0. The largest absolute Gasteiger partial charge is 0.417 e. The average Bonchev–Trinajstić information content (AvgIpc) is 3.17. The van der Waals surface area contributed by atoms with Crippen molar-refractivity contribution in [2.24, 2.45) is 4.99 Å². The number of rotatable bonds is 4. The monoisotopic (exact) mass is 391 g/mol. The van der Waals surface area contributed by atoms with Gasteiger partial charge in [-0.05, 0) is 18.2 Å². The van der Waals surface area contributed by atoms with Crippen molar-refractivity contribution in [1.29, 1.82) is 0 Å². The lowest BCUT2D eigenvalue weighted by atomic mass is 10.1. The van der Waals surface area contributed by atoms with Crippen molar-refractivity contribution in [3.63, 3.8) is 0 Å². The van der Waals surface area contributed by atoms with E-state index in [1.54, 1.807) is 16.8 Å². The Kier molecular flexibility index (Phi) is 4.99. The van der Waals surface area contributed by atoms with Crippen molar-refractivity contribution < 1.29 is 13.2 Å². The van der Waals surface area contributed by atoms with Crippen LogP contribution in [0.3, 0.4) is 0 Å². The molecule has 6 heteroatoms. The highest BCUT2D eigenvalue weighted by atomic mass is 19.4. The molecule has 1 aromatic heterocycles. The van der Waals surface area contributed by atoms with Crippen LogP contribution >= 0.6 is 0 Å². The first-order valence-corrected chi connectivity index (χ1v) is 8.93. The minimum absolute atomic E-state index is 0.00192. The summed E-state index contributed by atoms with van der Waals surface area (Å²) in [5, 5.41) is 4.61. The summed E-state index contributed by atoms with van der Waals surface area (Å²) >= 11 is 0. The molecule has 0 atom stereocenters. The lowest BCUT2D eigenvalue weighted by molar-refractivity contribution is -0.137. The number of hydrogen-bond donors (Lipinski definition) is 0. The van der Waals surface area contributed by atoms with Crippen LogP contribution in [0, 0.1) is 0 Å². The van der Waals surface area contributed by atoms with Gasteiger partial charge in [0.05, 0.1) is 16.9 Å². The number of halogens is 3. The Morgan fingerprint density at radius 2 is 1.41 bits per heavy atom. The van der Waals surface area contributed by atoms with Crippen LogP contribution in [0.15, 0.2) is 96.0 Å². The van der Waals surface area contributed by atoms with Crippen molar-refractivity contribution in [1.82, 2.24) is 9.78 Å². The van der Waals surface area contributed by atoms with E-state index in [0.717, 1.165) is 17.3 Å². The minimum atomic E-state index is -4.45. The number of hydrogen-bond acceptors (Lipinski definition) is 2. The van der Waals surface area contributed by atoms with Gasteiger partial charge in [0.15, 0.2) is 5.82 Å². The summed E-state index contributed by atoms with van der Waals surface area (Å²) in [7, 11) is 0. The summed E-state index contributed by atoms with van der Waals surface area (Å²) in [6, 6.07) is 26.0. The third-order valence-corrected chi connectivity index (χ3v) is 4.36. The lowest BCUT2D eigenvalue weighted by Crippen LogP contribution is -2.08. The van der Waals surface area contributed by atoms with Gasteiger partial charge in [0, 0.05) is 23.4 Å². The van der Waals surface area contributed by atoms with E-state index < -0.39 is 11.7 Å². The van der Waals surface area contributed by atoms with E-state index in [-0.39, 0.29) is 5.56 Å². The molecule has 0 amide bonds. The molecule has 0 aliphatic rings. The van der Waals surface area contributed by atoms with Gasteiger partial charge in [0.25, 0.3) is 0 Å². The maximum Gasteiger partial charge on any atom is 0.417 e. The van der Waals surface area contributed by atoms with Gasteiger partial charge >= 0.3 is 6.18 Å². The third-order valence-electron chi connectivity index (χ3n) is 4.36. The molecule has 0 aliphatic carbocycles. The SMILES string of the molecule is FC(F)(F)c1ccccc1C=Nc1cc(-c2ccccc2)nn1-c1ccccc1. The zero-order valence-corrected chi connectivity index (χ0v) is 15.2. The number of alkyl halides is 3. The molecule has 0 aliphatic heterocycles.